The van der Waals surface area contributed by atoms with Crippen LogP contribution in [-0.4, -0.2) is 25.3 Å². The molecule has 2 rings (SSSR count). The number of nitrogens with one attached hydrogen (secondary N) is 2. The molecular formula is C17H20N4O2. The van der Waals surface area contributed by atoms with Crippen LogP contribution in [0.2, 0.25) is 0 Å². The Morgan fingerprint density at radius 1 is 1.22 bits per heavy atom. The van der Waals surface area contributed by atoms with Crippen molar-refractivity contribution < 1.29 is 9.53 Å². The zero-order valence-electron chi connectivity index (χ0n) is 13.2. The van der Waals surface area contributed by atoms with Gasteiger partial charge in [-0.1, -0.05) is 12.1 Å². The smallest absolute Gasteiger partial charge is 0.259 e. The molecule has 2 aromatic rings. The number of hydrogen-bond acceptors (Lipinski definition) is 5. The van der Waals surface area contributed by atoms with E-state index in [1.165, 1.54) is 0 Å². The Morgan fingerprint density at radius 3 is 2.61 bits per heavy atom. The van der Waals surface area contributed by atoms with Gasteiger partial charge >= 0.3 is 0 Å². The average molecular weight is 312 g/mol. The molecule has 0 saturated heterocycles. The standard InChI is InChI=1S/C17H20N4O2/c1-12(13-4-3-5-14(18)10-13)20-21-17(22)11-19-15-6-8-16(23-2)9-7-15/h3-10,19H,11,18H2,1-2H3,(H,21,22). The third-order valence-electron chi connectivity index (χ3n) is 3.20. The molecule has 0 aliphatic heterocycles. The number of nitrogens with zero attached hydrogens (tertiary/aromatic N) is 1. The van der Waals surface area contributed by atoms with Crippen LogP contribution >= 0.6 is 0 Å². The summed E-state index contributed by atoms with van der Waals surface area (Å²) in [6.45, 7) is 1.94. The van der Waals surface area contributed by atoms with Gasteiger partial charge in [-0.3, -0.25) is 4.79 Å². The molecule has 0 heterocycles. The van der Waals surface area contributed by atoms with Crippen molar-refractivity contribution in [3.8, 4) is 5.75 Å². The van der Waals surface area contributed by atoms with Crippen LogP contribution in [0.3, 0.4) is 0 Å². The van der Waals surface area contributed by atoms with E-state index in [0.29, 0.717) is 11.4 Å². The van der Waals surface area contributed by atoms with Gasteiger partial charge in [0.1, 0.15) is 5.75 Å². The fraction of sp³-hybridized carbons (Fsp3) is 0.176. The van der Waals surface area contributed by atoms with Gasteiger partial charge in [-0.05, 0) is 48.9 Å². The third kappa shape index (κ3) is 5.03. The normalized spacial score (nSPS) is 11.0. The first-order chi connectivity index (χ1) is 11.1. The second-order valence-corrected chi connectivity index (χ2v) is 4.94. The van der Waals surface area contributed by atoms with Crippen molar-refractivity contribution in [3.05, 3.63) is 54.1 Å². The molecule has 0 aliphatic rings. The highest BCUT2D eigenvalue weighted by atomic mass is 16.5. The monoisotopic (exact) mass is 312 g/mol. The van der Waals surface area contributed by atoms with Crippen LogP contribution in [0.15, 0.2) is 53.6 Å². The van der Waals surface area contributed by atoms with Crippen LogP contribution in [0.25, 0.3) is 0 Å². The predicted molar refractivity (Wildman–Crippen MR) is 92.7 cm³/mol. The molecule has 0 saturated carbocycles. The highest BCUT2D eigenvalue weighted by Gasteiger charge is 2.02. The van der Waals surface area contributed by atoms with Gasteiger partial charge in [0, 0.05) is 11.4 Å². The predicted octanol–water partition coefficient (Wildman–Crippen LogP) is 2.23. The summed E-state index contributed by atoms with van der Waals surface area (Å²) in [5.74, 6) is 0.534. The number of carbonyl (C=O) groups is 1. The Balaban J connectivity index is 1.85. The zero-order valence-corrected chi connectivity index (χ0v) is 13.2. The topological polar surface area (TPSA) is 88.7 Å². The van der Waals surface area contributed by atoms with Crippen LogP contribution in [0.1, 0.15) is 12.5 Å². The second-order valence-electron chi connectivity index (χ2n) is 4.94. The maximum Gasteiger partial charge on any atom is 0.259 e. The van der Waals surface area contributed by atoms with Crippen molar-refractivity contribution in [2.75, 3.05) is 24.7 Å². The molecule has 6 nitrogen and oxygen atoms in total. The fourth-order valence-corrected chi connectivity index (χ4v) is 1.91. The van der Waals surface area contributed by atoms with Crippen molar-refractivity contribution >= 4 is 23.0 Å². The lowest BCUT2D eigenvalue weighted by Crippen LogP contribution is -2.26. The number of benzene rings is 2. The molecule has 0 atom stereocenters. The molecule has 2 aromatic carbocycles. The van der Waals surface area contributed by atoms with E-state index in [0.717, 1.165) is 17.0 Å². The molecule has 0 aromatic heterocycles. The fourth-order valence-electron chi connectivity index (χ4n) is 1.91. The minimum atomic E-state index is -0.232. The molecule has 0 aliphatic carbocycles. The first kappa shape index (κ1) is 16.4. The Hall–Kier alpha value is -3.02. The molecule has 6 heteroatoms. The van der Waals surface area contributed by atoms with Gasteiger partial charge in [0.15, 0.2) is 0 Å². The van der Waals surface area contributed by atoms with Crippen LogP contribution in [-0.2, 0) is 4.79 Å². The number of nitrogen functional groups attached to an aromatic ring is 1. The molecule has 1 amide bonds. The summed E-state index contributed by atoms with van der Waals surface area (Å²) in [5.41, 5.74) is 11.3. The molecule has 0 radical (unpaired) electrons. The van der Waals surface area contributed by atoms with E-state index in [2.05, 4.69) is 15.8 Å². The van der Waals surface area contributed by atoms with Crippen LogP contribution in [0, 0.1) is 0 Å². The number of hydrazone groups is 1. The van der Waals surface area contributed by atoms with Crippen molar-refractivity contribution in [1.29, 1.82) is 0 Å². The van der Waals surface area contributed by atoms with E-state index in [-0.39, 0.29) is 12.5 Å². The van der Waals surface area contributed by atoms with Gasteiger partial charge in [0.2, 0.25) is 0 Å². The van der Waals surface area contributed by atoms with Crippen molar-refractivity contribution in [3.63, 3.8) is 0 Å². The Labute approximate surface area is 135 Å². The lowest BCUT2D eigenvalue weighted by molar-refractivity contribution is -0.119. The van der Waals surface area contributed by atoms with Gasteiger partial charge < -0.3 is 15.8 Å². The Bertz CT molecular complexity index is 696. The van der Waals surface area contributed by atoms with E-state index < -0.39 is 0 Å². The summed E-state index contributed by atoms with van der Waals surface area (Å²) in [7, 11) is 1.61. The first-order valence-electron chi connectivity index (χ1n) is 7.15. The number of methoxy groups -OCH3 is 1. The molecule has 4 N–H and O–H groups in total. The Kier molecular flexibility index (Phi) is 5.57. The molecule has 0 unspecified atom stereocenters. The van der Waals surface area contributed by atoms with E-state index in [1.54, 1.807) is 19.2 Å². The summed E-state index contributed by atoms with van der Waals surface area (Å²) in [6.07, 6.45) is 0. The van der Waals surface area contributed by atoms with Gasteiger partial charge in [-0.25, -0.2) is 5.43 Å². The van der Waals surface area contributed by atoms with Crippen molar-refractivity contribution in [2.45, 2.75) is 6.92 Å². The van der Waals surface area contributed by atoms with Gasteiger partial charge in [-0.2, -0.15) is 5.10 Å². The van der Waals surface area contributed by atoms with E-state index in [9.17, 15) is 4.79 Å². The average Bonchev–Trinajstić information content (AvgIpc) is 2.58. The zero-order chi connectivity index (χ0) is 16.7. The van der Waals surface area contributed by atoms with E-state index in [1.807, 2.05) is 43.3 Å². The number of carbonyl (C=O) groups excluding carboxylic acids is 1. The van der Waals surface area contributed by atoms with Gasteiger partial charge in [0.25, 0.3) is 5.91 Å². The summed E-state index contributed by atoms with van der Waals surface area (Å²) < 4.78 is 5.08. The number of rotatable bonds is 6. The number of anilines is 2. The van der Waals surface area contributed by atoms with E-state index >= 15 is 0 Å². The molecule has 0 bridgehead atoms. The molecular weight excluding hydrogens is 292 g/mol. The van der Waals surface area contributed by atoms with Crippen LogP contribution < -0.4 is 21.2 Å². The summed E-state index contributed by atoms with van der Waals surface area (Å²) in [6, 6.07) is 14.7. The van der Waals surface area contributed by atoms with Crippen molar-refractivity contribution in [1.82, 2.24) is 5.43 Å². The third-order valence-corrected chi connectivity index (χ3v) is 3.20. The second kappa shape index (κ2) is 7.84. The number of ether oxygens (including phenoxy) is 1. The molecule has 0 spiro atoms. The largest absolute Gasteiger partial charge is 0.497 e. The van der Waals surface area contributed by atoms with E-state index in [4.69, 9.17) is 10.5 Å². The summed E-state index contributed by atoms with van der Waals surface area (Å²) >= 11 is 0. The van der Waals surface area contributed by atoms with Crippen LogP contribution in [0.4, 0.5) is 11.4 Å². The minimum Gasteiger partial charge on any atom is -0.497 e. The SMILES string of the molecule is COc1ccc(NCC(=O)NN=C(C)c2cccc(N)c2)cc1. The van der Waals surface area contributed by atoms with Gasteiger partial charge in [-0.15, -0.1) is 0 Å². The summed E-state index contributed by atoms with van der Waals surface area (Å²) in [5, 5.41) is 7.09. The summed E-state index contributed by atoms with van der Waals surface area (Å²) in [4.78, 5) is 11.8. The lowest BCUT2D eigenvalue weighted by atomic mass is 10.1. The minimum absolute atomic E-state index is 0.125. The first-order valence-corrected chi connectivity index (χ1v) is 7.15. The highest BCUT2D eigenvalue weighted by molar-refractivity contribution is 6.00. The maximum atomic E-state index is 11.8. The quantitative estimate of drug-likeness (QED) is 0.433. The molecule has 0 fully saturated rings. The number of amides is 1. The number of hydrogen-bond donors (Lipinski definition) is 3. The maximum absolute atomic E-state index is 11.8. The van der Waals surface area contributed by atoms with Crippen molar-refractivity contribution in [2.24, 2.45) is 5.10 Å². The van der Waals surface area contributed by atoms with Gasteiger partial charge in [0.05, 0.1) is 19.4 Å². The lowest BCUT2D eigenvalue weighted by Gasteiger charge is -2.07. The number of nitrogens with two attached hydrogens (primary N) is 1. The van der Waals surface area contributed by atoms with Crippen LogP contribution in [0.5, 0.6) is 5.75 Å². The molecule has 120 valence electrons. The highest BCUT2D eigenvalue weighted by Crippen LogP contribution is 2.14. The Morgan fingerprint density at radius 2 is 1.96 bits per heavy atom. The molecule has 23 heavy (non-hydrogen) atoms.